The molecule has 0 N–H and O–H groups in total. The average Bonchev–Trinajstić information content (AvgIpc) is 2.61. The van der Waals surface area contributed by atoms with Gasteiger partial charge in [-0.2, -0.15) is 5.10 Å². The van der Waals surface area contributed by atoms with Crippen molar-refractivity contribution in [1.82, 2.24) is 15.1 Å². The number of hydrogen-bond acceptors (Lipinski definition) is 4. The summed E-state index contributed by atoms with van der Waals surface area (Å²) in [4.78, 5) is 13.9. The van der Waals surface area contributed by atoms with Gasteiger partial charge >= 0.3 is 0 Å². The average molecular weight is 319 g/mol. The molecule has 1 aromatic heterocycles. The largest absolute Gasteiger partial charge is 0.370 e. The summed E-state index contributed by atoms with van der Waals surface area (Å²) < 4.78 is 5.96. The molecule has 3 aromatic rings. The second-order valence-corrected chi connectivity index (χ2v) is 5.89. The van der Waals surface area contributed by atoms with E-state index in [1.807, 2.05) is 18.2 Å². The fourth-order valence-corrected chi connectivity index (χ4v) is 2.91. The summed E-state index contributed by atoms with van der Waals surface area (Å²) in [7, 11) is 0. The van der Waals surface area contributed by atoms with Gasteiger partial charge in [0.15, 0.2) is 5.69 Å². The van der Waals surface area contributed by atoms with E-state index in [1.165, 1.54) is 16.3 Å². The third-order valence-electron chi connectivity index (χ3n) is 4.28. The summed E-state index contributed by atoms with van der Waals surface area (Å²) in [6.45, 7) is 1.75. The molecule has 0 bridgehead atoms. The van der Waals surface area contributed by atoms with Crippen LogP contribution in [0.1, 0.15) is 16.1 Å². The predicted octanol–water partition coefficient (Wildman–Crippen LogP) is 2.67. The molecule has 1 fully saturated rings. The minimum Gasteiger partial charge on any atom is -0.370 e. The molecule has 0 spiro atoms. The normalized spacial score (nSPS) is 14.6. The number of carbonyl (C=O) groups is 1. The zero-order valence-corrected chi connectivity index (χ0v) is 13.1. The van der Waals surface area contributed by atoms with E-state index in [9.17, 15) is 4.79 Å². The van der Waals surface area contributed by atoms with Crippen LogP contribution in [-0.2, 0) is 11.3 Å². The molecular formula is C19H17N3O2. The van der Waals surface area contributed by atoms with Crippen LogP contribution in [0, 0.1) is 0 Å². The third-order valence-corrected chi connectivity index (χ3v) is 4.28. The molecule has 1 amide bonds. The van der Waals surface area contributed by atoms with Crippen LogP contribution < -0.4 is 0 Å². The number of amides is 1. The molecule has 0 aliphatic carbocycles. The number of likely N-dealkylation sites (tertiary alicyclic amines) is 1. The zero-order chi connectivity index (χ0) is 16.4. The van der Waals surface area contributed by atoms with Gasteiger partial charge in [0.05, 0.1) is 12.7 Å². The molecule has 4 rings (SSSR count). The Morgan fingerprint density at radius 3 is 2.75 bits per heavy atom. The molecule has 0 saturated carbocycles. The SMILES string of the molecule is O=C(c1cccnn1)N1CC(OCc2cccc3ccccc23)C1. The molecule has 0 unspecified atom stereocenters. The van der Waals surface area contributed by atoms with Crippen LogP contribution in [0.15, 0.2) is 60.8 Å². The van der Waals surface area contributed by atoms with E-state index < -0.39 is 0 Å². The molecule has 5 nitrogen and oxygen atoms in total. The summed E-state index contributed by atoms with van der Waals surface area (Å²) in [5.41, 5.74) is 1.55. The molecule has 24 heavy (non-hydrogen) atoms. The Bertz CT molecular complexity index is 855. The number of ether oxygens (including phenoxy) is 1. The highest BCUT2D eigenvalue weighted by Gasteiger charge is 2.32. The minimum atomic E-state index is -0.0897. The number of nitrogens with zero attached hydrogens (tertiary/aromatic N) is 3. The Morgan fingerprint density at radius 2 is 1.92 bits per heavy atom. The molecule has 2 aromatic carbocycles. The summed E-state index contributed by atoms with van der Waals surface area (Å²) in [5, 5.41) is 10.0. The summed E-state index contributed by atoms with van der Waals surface area (Å²) >= 11 is 0. The summed E-state index contributed by atoms with van der Waals surface area (Å²) in [6, 6.07) is 17.9. The summed E-state index contributed by atoms with van der Waals surface area (Å²) in [5.74, 6) is -0.0897. The quantitative estimate of drug-likeness (QED) is 0.742. The minimum absolute atomic E-state index is 0.0737. The van der Waals surface area contributed by atoms with Crippen LogP contribution >= 0.6 is 0 Å². The number of fused-ring (bicyclic) bond motifs is 1. The van der Waals surface area contributed by atoms with E-state index in [-0.39, 0.29) is 12.0 Å². The van der Waals surface area contributed by atoms with Crippen LogP contribution in [0.5, 0.6) is 0 Å². The maximum absolute atomic E-state index is 12.2. The summed E-state index contributed by atoms with van der Waals surface area (Å²) in [6.07, 6.45) is 1.63. The molecular weight excluding hydrogens is 302 g/mol. The monoisotopic (exact) mass is 319 g/mol. The Kier molecular flexibility index (Phi) is 3.92. The maximum atomic E-state index is 12.2. The molecule has 1 aliphatic heterocycles. The van der Waals surface area contributed by atoms with Crippen molar-refractivity contribution in [3.8, 4) is 0 Å². The predicted molar refractivity (Wildman–Crippen MR) is 90.5 cm³/mol. The topological polar surface area (TPSA) is 55.3 Å². The van der Waals surface area contributed by atoms with Crippen molar-refractivity contribution in [1.29, 1.82) is 0 Å². The highest BCUT2D eigenvalue weighted by atomic mass is 16.5. The number of rotatable bonds is 4. The fraction of sp³-hybridized carbons (Fsp3) is 0.211. The Balaban J connectivity index is 1.35. The Labute approximate surface area is 139 Å². The van der Waals surface area contributed by atoms with Crippen molar-refractivity contribution in [3.63, 3.8) is 0 Å². The lowest BCUT2D eigenvalue weighted by molar-refractivity contribution is -0.0502. The van der Waals surface area contributed by atoms with Crippen molar-refractivity contribution in [2.75, 3.05) is 13.1 Å². The van der Waals surface area contributed by atoms with Crippen molar-refractivity contribution in [3.05, 3.63) is 72.1 Å². The van der Waals surface area contributed by atoms with Gasteiger partial charge in [-0.25, -0.2) is 0 Å². The Hall–Kier alpha value is -2.79. The highest BCUT2D eigenvalue weighted by molar-refractivity contribution is 5.92. The molecule has 1 aliphatic rings. The van der Waals surface area contributed by atoms with Crippen LogP contribution in [-0.4, -0.2) is 40.2 Å². The van der Waals surface area contributed by atoms with E-state index in [2.05, 4.69) is 34.5 Å². The lowest BCUT2D eigenvalue weighted by atomic mass is 10.1. The maximum Gasteiger partial charge on any atom is 0.274 e. The molecule has 0 radical (unpaired) electrons. The van der Waals surface area contributed by atoms with E-state index in [0.29, 0.717) is 25.4 Å². The van der Waals surface area contributed by atoms with Crippen LogP contribution in [0.4, 0.5) is 0 Å². The second kappa shape index (κ2) is 6.37. The molecule has 1 saturated heterocycles. The first-order valence-corrected chi connectivity index (χ1v) is 7.96. The van der Waals surface area contributed by atoms with E-state index in [4.69, 9.17) is 4.74 Å². The van der Waals surface area contributed by atoms with Crippen molar-refractivity contribution in [2.24, 2.45) is 0 Å². The van der Waals surface area contributed by atoms with Gasteiger partial charge < -0.3 is 9.64 Å². The molecule has 0 atom stereocenters. The second-order valence-electron chi connectivity index (χ2n) is 5.89. The first-order chi connectivity index (χ1) is 11.8. The first kappa shape index (κ1) is 14.8. The fourth-order valence-electron chi connectivity index (χ4n) is 2.91. The number of carbonyl (C=O) groups excluding carboxylic acids is 1. The smallest absolute Gasteiger partial charge is 0.274 e. The number of hydrogen-bond donors (Lipinski definition) is 0. The van der Waals surface area contributed by atoms with Crippen molar-refractivity contribution >= 4 is 16.7 Å². The van der Waals surface area contributed by atoms with Crippen LogP contribution in [0.2, 0.25) is 0 Å². The van der Waals surface area contributed by atoms with Gasteiger partial charge in [-0.3, -0.25) is 4.79 Å². The molecule has 120 valence electrons. The standard InChI is InChI=1S/C19H17N3O2/c23-19(18-9-4-10-20-21-18)22-11-16(12-22)24-13-15-7-3-6-14-5-1-2-8-17(14)15/h1-10,16H,11-13H2. The molecule has 2 heterocycles. The van der Waals surface area contributed by atoms with E-state index in [0.717, 1.165) is 0 Å². The lowest BCUT2D eigenvalue weighted by Gasteiger charge is -2.38. The van der Waals surface area contributed by atoms with Gasteiger partial charge in [0.1, 0.15) is 0 Å². The van der Waals surface area contributed by atoms with Gasteiger partial charge in [0.25, 0.3) is 5.91 Å². The van der Waals surface area contributed by atoms with Crippen molar-refractivity contribution in [2.45, 2.75) is 12.7 Å². The Morgan fingerprint density at radius 1 is 1.08 bits per heavy atom. The lowest BCUT2D eigenvalue weighted by Crippen LogP contribution is -2.54. The van der Waals surface area contributed by atoms with E-state index >= 15 is 0 Å². The number of aromatic nitrogens is 2. The third kappa shape index (κ3) is 2.86. The van der Waals surface area contributed by atoms with Gasteiger partial charge in [-0.15, -0.1) is 5.10 Å². The van der Waals surface area contributed by atoms with Crippen LogP contribution in [0.25, 0.3) is 10.8 Å². The highest BCUT2D eigenvalue weighted by Crippen LogP contribution is 2.21. The van der Waals surface area contributed by atoms with Gasteiger partial charge in [0.2, 0.25) is 0 Å². The van der Waals surface area contributed by atoms with E-state index in [1.54, 1.807) is 23.2 Å². The van der Waals surface area contributed by atoms with Gasteiger partial charge in [-0.05, 0) is 28.5 Å². The van der Waals surface area contributed by atoms with Crippen molar-refractivity contribution < 1.29 is 9.53 Å². The van der Waals surface area contributed by atoms with Crippen LogP contribution in [0.3, 0.4) is 0 Å². The zero-order valence-electron chi connectivity index (χ0n) is 13.1. The first-order valence-electron chi connectivity index (χ1n) is 7.96. The number of benzene rings is 2. The van der Waals surface area contributed by atoms with Gasteiger partial charge in [-0.1, -0.05) is 42.5 Å². The van der Waals surface area contributed by atoms with Gasteiger partial charge in [0, 0.05) is 19.3 Å². The molecule has 5 heteroatoms.